The number of hydrogen-bond donors (Lipinski definition) is 7. The molecule has 0 aromatic carbocycles. The quantitative estimate of drug-likeness (QED) is 0.132. The SMILES string of the molecule is CC(C)CC(NC(=O)C(N)CCCCN)C(=O)NC(CC(C)C)C(=O)NC(CC(=O)O)C(=O)O. The summed E-state index contributed by atoms with van der Waals surface area (Å²) in [5.41, 5.74) is 11.4. The minimum atomic E-state index is -1.64. The molecule has 0 aromatic heterocycles. The molecule has 0 spiro atoms. The van der Waals surface area contributed by atoms with Gasteiger partial charge >= 0.3 is 11.9 Å². The number of carbonyl (C=O) groups excluding carboxylic acids is 3. The first-order valence-electron chi connectivity index (χ1n) is 11.6. The van der Waals surface area contributed by atoms with Gasteiger partial charge < -0.3 is 37.6 Å². The monoisotopic (exact) mass is 487 g/mol. The lowest BCUT2D eigenvalue weighted by Gasteiger charge is -2.26. The van der Waals surface area contributed by atoms with Crippen molar-refractivity contribution < 1.29 is 34.2 Å². The van der Waals surface area contributed by atoms with Crippen molar-refractivity contribution in [2.45, 2.75) is 90.4 Å². The molecule has 0 aromatic rings. The fraction of sp³-hybridized carbons (Fsp3) is 0.773. The van der Waals surface area contributed by atoms with Crippen LogP contribution < -0.4 is 27.4 Å². The molecule has 12 heteroatoms. The summed E-state index contributed by atoms with van der Waals surface area (Å²) < 4.78 is 0. The summed E-state index contributed by atoms with van der Waals surface area (Å²) in [5.74, 6) is -4.82. The topological polar surface area (TPSA) is 214 Å². The Bertz CT molecular complexity index is 699. The highest BCUT2D eigenvalue weighted by Gasteiger charge is 2.31. The average Bonchev–Trinajstić information content (AvgIpc) is 2.71. The van der Waals surface area contributed by atoms with Crippen LogP contribution in [0.3, 0.4) is 0 Å². The summed E-state index contributed by atoms with van der Waals surface area (Å²) in [4.78, 5) is 60.5. The van der Waals surface area contributed by atoms with Crippen molar-refractivity contribution in [3.63, 3.8) is 0 Å². The zero-order chi connectivity index (χ0) is 26.4. The normalized spacial score (nSPS) is 14.7. The Morgan fingerprint density at radius 1 is 0.735 bits per heavy atom. The Hall–Kier alpha value is -2.73. The largest absolute Gasteiger partial charge is 0.481 e. The maximum atomic E-state index is 13.0. The Morgan fingerprint density at radius 3 is 1.56 bits per heavy atom. The molecular weight excluding hydrogens is 446 g/mol. The molecule has 3 amide bonds. The molecule has 0 radical (unpaired) electrons. The van der Waals surface area contributed by atoms with Crippen molar-refractivity contribution in [3.05, 3.63) is 0 Å². The number of unbranched alkanes of at least 4 members (excludes halogenated alkanes) is 1. The number of hydrogen-bond acceptors (Lipinski definition) is 7. The highest BCUT2D eigenvalue weighted by Crippen LogP contribution is 2.10. The summed E-state index contributed by atoms with van der Waals surface area (Å²) in [7, 11) is 0. The zero-order valence-corrected chi connectivity index (χ0v) is 20.5. The highest BCUT2D eigenvalue weighted by atomic mass is 16.4. The number of carboxylic acid groups (broad SMARTS) is 2. The van der Waals surface area contributed by atoms with Crippen LogP contribution in [0.1, 0.15) is 66.2 Å². The van der Waals surface area contributed by atoms with E-state index in [4.69, 9.17) is 16.6 Å². The van der Waals surface area contributed by atoms with Crippen molar-refractivity contribution in [1.82, 2.24) is 16.0 Å². The molecule has 0 rings (SSSR count). The van der Waals surface area contributed by atoms with Gasteiger partial charge in [0, 0.05) is 0 Å². The van der Waals surface area contributed by atoms with Gasteiger partial charge in [-0.25, -0.2) is 4.79 Å². The fourth-order valence-corrected chi connectivity index (χ4v) is 3.24. The second-order valence-corrected chi connectivity index (χ2v) is 9.27. The van der Waals surface area contributed by atoms with Crippen LogP contribution in [0.5, 0.6) is 0 Å². The van der Waals surface area contributed by atoms with E-state index >= 15 is 0 Å². The van der Waals surface area contributed by atoms with Gasteiger partial charge in [0.15, 0.2) is 0 Å². The second-order valence-electron chi connectivity index (χ2n) is 9.27. The standard InChI is InChI=1S/C22H41N5O7/c1-12(2)9-15(25-19(30)14(24)7-5-6-8-23)20(31)26-16(10-13(3)4)21(32)27-17(22(33)34)11-18(28)29/h12-17H,5-11,23-24H2,1-4H3,(H,25,30)(H,26,31)(H,27,32)(H,28,29)(H,33,34). The number of aliphatic carboxylic acids is 2. The molecule has 4 unspecified atom stereocenters. The van der Waals surface area contributed by atoms with Gasteiger partial charge in [-0.15, -0.1) is 0 Å². The highest BCUT2D eigenvalue weighted by molar-refractivity contribution is 5.94. The van der Waals surface area contributed by atoms with Gasteiger partial charge in [-0.05, 0) is 44.1 Å². The van der Waals surface area contributed by atoms with E-state index in [2.05, 4.69) is 16.0 Å². The third kappa shape index (κ3) is 13.1. The minimum Gasteiger partial charge on any atom is -0.481 e. The first-order chi connectivity index (χ1) is 15.8. The van der Waals surface area contributed by atoms with Gasteiger partial charge in [-0.2, -0.15) is 0 Å². The smallest absolute Gasteiger partial charge is 0.326 e. The maximum Gasteiger partial charge on any atom is 0.326 e. The van der Waals surface area contributed by atoms with E-state index in [1.165, 1.54) is 0 Å². The lowest BCUT2D eigenvalue weighted by Crippen LogP contribution is -2.57. The van der Waals surface area contributed by atoms with Crippen LogP contribution in [0.15, 0.2) is 0 Å². The predicted molar refractivity (Wildman–Crippen MR) is 125 cm³/mol. The van der Waals surface area contributed by atoms with E-state index in [9.17, 15) is 29.1 Å². The van der Waals surface area contributed by atoms with Gasteiger partial charge in [-0.1, -0.05) is 34.1 Å². The lowest BCUT2D eigenvalue weighted by molar-refractivity contribution is -0.147. The minimum absolute atomic E-state index is 0.0360. The molecule has 0 saturated carbocycles. The van der Waals surface area contributed by atoms with Gasteiger partial charge in [0.05, 0.1) is 12.5 Å². The molecule has 4 atom stereocenters. The zero-order valence-electron chi connectivity index (χ0n) is 20.5. The number of amides is 3. The molecular formula is C22H41N5O7. The molecule has 0 fully saturated rings. The molecule has 0 bridgehead atoms. The van der Waals surface area contributed by atoms with E-state index in [1.54, 1.807) is 0 Å². The summed E-state index contributed by atoms with van der Waals surface area (Å²) in [6, 6.07) is -4.52. The van der Waals surface area contributed by atoms with Crippen LogP contribution in [-0.2, 0) is 24.0 Å². The van der Waals surface area contributed by atoms with E-state index in [-0.39, 0.29) is 18.3 Å². The first kappa shape index (κ1) is 31.3. The van der Waals surface area contributed by atoms with Crippen molar-refractivity contribution in [3.8, 4) is 0 Å². The van der Waals surface area contributed by atoms with Crippen LogP contribution in [0.2, 0.25) is 0 Å². The fourth-order valence-electron chi connectivity index (χ4n) is 3.24. The number of carboxylic acids is 2. The summed E-state index contributed by atoms with van der Waals surface area (Å²) in [5, 5.41) is 25.5. The Balaban J connectivity index is 5.44. The summed E-state index contributed by atoms with van der Waals surface area (Å²) in [6.07, 6.45) is 1.47. The maximum absolute atomic E-state index is 13.0. The average molecular weight is 488 g/mol. The number of carbonyl (C=O) groups is 5. The van der Waals surface area contributed by atoms with Crippen molar-refractivity contribution in [2.75, 3.05) is 6.54 Å². The van der Waals surface area contributed by atoms with Crippen molar-refractivity contribution in [2.24, 2.45) is 23.3 Å². The Kier molecular flexibility index (Phi) is 14.7. The molecule has 34 heavy (non-hydrogen) atoms. The Labute approximate surface area is 200 Å². The summed E-state index contributed by atoms with van der Waals surface area (Å²) >= 11 is 0. The molecule has 9 N–H and O–H groups in total. The van der Waals surface area contributed by atoms with Crippen LogP contribution in [-0.4, -0.2) is 70.6 Å². The van der Waals surface area contributed by atoms with Gasteiger partial charge in [-0.3, -0.25) is 19.2 Å². The van der Waals surface area contributed by atoms with E-state index in [1.807, 2.05) is 27.7 Å². The van der Waals surface area contributed by atoms with Gasteiger partial charge in [0.25, 0.3) is 0 Å². The molecule has 0 aliphatic heterocycles. The summed E-state index contributed by atoms with van der Waals surface area (Å²) in [6.45, 7) is 7.85. The lowest BCUT2D eigenvalue weighted by atomic mass is 9.99. The Morgan fingerprint density at radius 2 is 1.18 bits per heavy atom. The first-order valence-corrected chi connectivity index (χ1v) is 11.6. The molecule has 12 nitrogen and oxygen atoms in total. The predicted octanol–water partition coefficient (Wildman–Crippen LogP) is -0.451. The van der Waals surface area contributed by atoms with Gasteiger partial charge in [0.1, 0.15) is 18.1 Å². The van der Waals surface area contributed by atoms with E-state index in [0.717, 1.165) is 6.42 Å². The number of rotatable bonds is 17. The van der Waals surface area contributed by atoms with E-state index in [0.29, 0.717) is 25.8 Å². The second kappa shape index (κ2) is 16.0. The number of nitrogens with one attached hydrogen (secondary N) is 3. The molecule has 0 heterocycles. The third-order valence-electron chi connectivity index (χ3n) is 4.98. The van der Waals surface area contributed by atoms with Crippen LogP contribution in [0.25, 0.3) is 0 Å². The van der Waals surface area contributed by atoms with Crippen LogP contribution in [0.4, 0.5) is 0 Å². The molecule has 0 saturated heterocycles. The molecule has 0 aliphatic rings. The third-order valence-corrected chi connectivity index (χ3v) is 4.98. The van der Waals surface area contributed by atoms with Crippen LogP contribution >= 0.6 is 0 Å². The van der Waals surface area contributed by atoms with Crippen molar-refractivity contribution >= 4 is 29.7 Å². The van der Waals surface area contributed by atoms with Crippen molar-refractivity contribution in [1.29, 1.82) is 0 Å². The van der Waals surface area contributed by atoms with Gasteiger partial charge in [0.2, 0.25) is 17.7 Å². The van der Waals surface area contributed by atoms with Crippen LogP contribution in [0, 0.1) is 11.8 Å². The number of nitrogens with two attached hydrogens (primary N) is 2. The molecule has 0 aliphatic carbocycles. The van der Waals surface area contributed by atoms with E-state index < -0.39 is 60.2 Å². The molecule has 196 valence electrons.